The molecule has 102 valence electrons. The van der Waals surface area contributed by atoms with E-state index in [9.17, 15) is 18.4 Å². The Balaban J connectivity index is 2.75. The van der Waals surface area contributed by atoms with E-state index < -0.39 is 18.2 Å². The third kappa shape index (κ3) is 4.82. The first-order valence-electron chi connectivity index (χ1n) is 5.30. The Morgan fingerprint density at radius 2 is 1.68 bits per heavy atom. The van der Waals surface area contributed by atoms with E-state index >= 15 is 0 Å². The summed E-state index contributed by atoms with van der Waals surface area (Å²) in [6.07, 6.45) is 0. The van der Waals surface area contributed by atoms with Gasteiger partial charge >= 0.3 is 6.61 Å². The van der Waals surface area contributed by atoms with Crippen molar-refractivity contribution in [1.29, 1.82) is 0 Å². The molecule has 5 nitrogen and oxygen atoms in total. The van der Waals surface area contributed by atoms with Crippen LogP contribution in [-0.2, 0) is 9.59 Å². The van der Waals surface area contributed by atoms with Crippen LogP contribution in [0.4, 0.5) is 14.5 Å². The summed E-state index contributed by atoms with van der Waals surface area (Å²) in [7, 11) is 0. The molecule has 0 unspecified atom stereocenters. The molecule has 1 N–H and O–H groups in total. The molecule has 7 heteroatoms. The number of ketones is 2. The topological polar surface area (TPSA) is 67.8 Å². The van der Waals surface area contributed by atoms with E-state index in [2.05, 4.69) is 15.3 Å². The Hall–Kier alpha value is -2.31. The molecule has 19 heavy (non-hydrogen) atoms. The van der Waals surface area contributed by atoms with Crippen molar-refractivity contribution < 1.29 is 23.1 Å². The number of hydrazone groups is 1. The zero-order valence-corrected chi connectivity index (χ0v) is 10.3. The fourth-order valence-corrected chi connectivity index (χ4v) is 1.24. The molecule has 1 aromatic carbocycles. The quantitative estimate of drug-likeness (QED) is 0.489. The van der Waals surface area contributed by atoms with E-state index in [0.29, 0.717) is 5.69 Å². The highest BCUT2D eigenvalue weighted by Gasteiger charge is 2.11. The number of carbonyl (C=O) groups is 2. The molecule has 0 radical (unpaired) electrons. The number of halogens is 2. The van der Waals surface area contributed by atoms with Gasteiger partial charge in [-0.05, 0) is 24.3 Å². The number of nitrogens with zero attached hydrogens (tertiary/aromatic N) is 1. The minimum Gasteiger partial charge on any atom is -0.435 e. The van der Waals surface area contributed by atoms with Crippen molar-refractivity contribution in [1.82, 2.24) is 0 Å². The van der Waals surface area contributed by atoms with Gasteiger partial charge in [-0.25, -0.2) is 0 Å². The van der Waals surface area contributed by atoms with Crippen LogP contribution in [0.5, 0.6) is 5.75 Å². The molecule has 0 saturated carbocycles. The Morgan fingerprint density at radius 1 is 1.16 bits per heavy atom. The van der Waals surface area contributed by atoms with Gasteiger partial charge in [-0.15, -0.1) is 0 Å². The van der Waals surface area contributed by atoms with Crippen LogP contribution >= 0.6 is 0 Å². The molecule has 0 atom stereocenters. The summed E-state index contributed by atoms with van der Waals surface area (Å²) in [5.74, 6) is -0.918. The molecule has 0 aromatic heterocycles. The van der Waals surface area contributed by atoms with Crippen LogP contribution in [0.3, 0.4) is 0 Å². The number of rotatable bonds is 6. The predicted octanol–water partition coefficient (Wildman–Crippen LogP) is 2.23. The second-order valence-corrected chi connectivity index (χ2v) is 3.59. The summed E-state index contributed by atoms with van der Waals surface area (Å²) in [5.41, 5.74) is 2.71. The van der Waals surface area contributed by atoms with Gasteiger partial charge in [-0.2, -0.15) is 13.9 Å². The summed E-state index contributed by atoms with van der Waals surface area (Å²) in [5, 5.41) is 3.66. The van der Waals surface area contributed by atoms with Crippen LogP contribution in [0, 0.1) is 0 Å². The summed E-state index contributed by atoms with van der Waals surface area (Å²) in [4.78, 5) is 22.2. The Kier molecular flexibility index (Phi) is 5.11. The zero-order valence-electron chi connectivity index (χ0n) is 10.3. The first kappa shape index (κ1) is 14.7. The molecule has 0 heterocycles. The number of benzene rings is 1. The molecule has 0 aliphatic rings. The maximum atomic E-state index is 11.9. The summed E-state index contributed by atoms with van der Waals surface area (Å²) >= 11 is 0. The van der Waals surface area contributed by atoms with E-state index in [0.717, 1.165) is 0 Å². The number of anilines is 1. The van der Waals surface area contributed by atoms with Crippen LogP contribution < -0.4 is 10.2 Å². The zero-order chi connectivity index (χ0) is 14.4. The maximum Gasteiger partial charge on any atom is 0.387 e. The number of carbonyl (C=O) groups excluding carboxylic acids is 2. The number of nitrogens with one attached hydrogen (secondary N) is 1. The Labute approximate surface area is 108 Å². The highest BCUT2D eigenvalue weighted by molar-refractivity contribution is 6.65. The average molecular weight is 270 g/mol. The molecule has 0 aliphatic heterocycles. The molecule has 0 fully saturated rings. The van der Waals surface area contributed by atoms with Crippen molar-refractivity contribution in [3.8, 4) is 5.75 Å². The van der Waals surface area contributed by atoms with Crippen molar-refractivity contribution in [2.75, 3.05) is 5.43 Å². The van der Waals surface area contributed by atoms with Gasteiger partial charge in [0.1, 0.15) is 5.75 Å². The lowest BCUT2D eigenvalue weighted by Gasteiger charge is -2.06. The molecular formula is C12H12F2N2O3. The van der Waals surface area contributed by atoms with Crippen molar-refractivity contribution in [2.45, 2.75) is 20.5 Å². The lowest BCUT2D eigenvalue weighted by Crippen LogP contribution is -2.20. The molecule has 0 aliphatic carbocycles. The third-order valence-electron chi connectivity index (χ3n) is 2.04. The van der Waals surface area contributed by atoms with Gasteiger partial charge in [0.15, 0.2) is 17.3 Å². The number of hydrogen-bond donors (Lipinski definition) is 1. The smallest absolute Gasteiger partial charge is 0.387 e. The first-order valence-corrected chi connectivity index (χ1v) is 5.30. The predicted molar refractivity (Wildman–Crippen MR) is 65.5 cm³/mol. The SMILES string of the molecule is CC(=O)C(=NNc1ccc(OC(F)F)cc1)C(C)=O. The number of Topliss-reactive ketones (excluding diaryl/α,β-unsaturated/α-hetero) is 2. The Morgan fingerprint density at radius 3 is 2.11 bits per heavy atom. The summed E-state index contributed by atoms with van der Waals surface area (Å²) in [6, 6.07) is 5.48. The highest BCUT2D eigenvalue weighted by atomic mass is 19.3. The average Bonchev–Trinajstić information content (AvgIpc) is 2.29. The number of alkyl halides is 2. The Bertz CT molecular complexity index is 482. The van der Waals surface area contributed by atoms with E-state index in [4.69, 9.17) is 0 Å². The fraction of sp³-hybridized carbons (Fsp3) is 0.250. The van der Waals surface area contributed by atoms with Crippen LogP contribution in [0.15, 0.2) is 29.4 Å². The van der Waals surface area contributed by atoms with Gasteiger partial charge in [0, 0.05) is 13.8 Å². The highest BCUT2D eigenvalue weighted by Crippen LogP contribution is 2.17. The normalized spacial score (nSPS) is 9.95. The van der Waals surface area contributed by atoms with Gasteiger partial charge in [0.25, 0.3) is 0 Å². The van der Waals surface area contributed by atoms with Crippen LogP contribution in [0.25, 0.3) is 0 Å². The number of ether oxygens (including phenoxy) is 1. The molecule has 1 aromatic rings. The van der Waals surface area contributed by atoms with Crippen molar-refractivity contribution in [3.63, 3.8) is 0 Å². The molecule has 1 rings (SSSR count). The minimum atomic E-state index is -2.89. The minimum absolute atomic E-state index is 0.00267. The molecule has 0 amide bonds. The van der Waals surface area contributed by atoms with E-state index in [-0.39, 0.29) is 11.5 Å². The van der Waals surface area contributed by atoms with Crippen LogP contribution in [0.2, 0.25) is 0 Å². The largest absolute Gasteiger partial charge is 0.435 e. The lowest BCUT2D eigenvalue weighted by atomic mass is 10.2. The second kappa shape index (κ2) is 6.58. The molecule has 0 bridgehead atoms. The van der Waals surface area contributed by atoms with Gasteiger partial charge in [0.05, 0.1) is 5.69 Å². The maximum absolute atomic E-state index is 11.9. The lowest BCUT2D eigenvalue weighted by molar-refractivity contribution is -0.114. The fourth-order valence-electron chi connectivity index (χ4n) is 1.24. The summed E-state index contributed by atoms with van der Waals surface area (Å²) < 4.78 is 28.0. The van der Waals surface area contributed by atoms with E-state index in [1.807, 2.05) is 0 Å². The van der Waals surface area contributed by atoms with Crippen LogP contribution in [-0.4, -0.2) is 23.9 Å². The van der Waals surface area contributed by atoms with Crippen molar-refractivity contribution in [2.24, 2.45) is 5.10 Å². The summed E-state index contributed by atoms with van der Waals surface area (Å²) in [6.45, 7) is -0.443. The molecular weight excluding hydrogens is 258 g/mol. The van der Waals surface area contributed by atoms with Gasteiger partial charge in [-0.1, -0.05) is 0 Å². The van der Waals surface area contributed by atoms with Gasteiger partial charge in [0.2, 0.25) is 0 Å². The van der Waals surface area contributed by atoms with Gasteiger partial charge in [-0.3, -0.25) is 15.0 Å². The van der Waals surface area contributed by atoms with E-state index in [1.165, 1.54) is 38.1 Å². The van der Waals surface area contributed by atoms with Crippen molar-refractivity contribution >= 4 is 23.0 Å². The molecule has 0 saturated heterocycles. The number of hydrogen-bond acceptors (Lipinski definition) is 5. The first-order chi connectivity index (χ1) is 8.90. The van der Waals surface area contributed by atoms with Crippen molar-refractivity contribution in [3.05, 3.63) is 24.3 Å². The monoisotopic (exact) mass is 270 g/mol. The third-order valence-corrected chi connectivity index (χ3v) is 2.04. The van der Waals surface area contributed by atoms with E-state index in [1.54, 1.807) is 0 Å². The van der Waals surface area contributed by atoms with Crippen LogP contribution in [0.1, 0.15) is 13.8 Å². The standard InChI is InChI=1S/C12H12F2N2O3/c1-7(17)11(8(2)18)16-15-9-3-5-10(6-4-9)19-12(13)14/h3-6,12,15H,1-2H3. The molecule has 0 spiro atoms. The second-order valence-electron chi connectivity index (χ2n) is 3.59. The van der Waals surface area contributed by atoms with Gasteiger partial charge < -0.3 is 4.74 Å².